The van der Waals surface area contributed by atoms with E-state index in [4.69, 9.17) is 17.3 Å². The van der Waals surface area contributed by atoms with Gasteiger partial charge in [0.05, 0.1) is 11.6 Å². The fourth-order valence-corrected chi connectivity index (χ4v) is 5.77. The third kappa shape index (κ3) is 2.36. The molecule has 1 aromatic rings. The lowest BCUT2D eigenvalue weighted by Gasteiger charge is -2.57. The van der Waals surface area contributed by atoms with E-state index in [1.807, 2.05) is 0 Å². The number of halogens is 1. The highest BCUT2D eigenvalue weighted by molar-refractivity contribution is 6.28. The fourth-order valence-electron chi connectivity index (χ4n) is 5.71. The summed E-state index contributed by atoms with van der Waals surface area (Å²) in [6.45, 7) is 2.10. The van der Waals surface area contributed by atoms with Crippen LogP contribution < -0.4 is 5.73 Å². The van der Waals surface area contributed by atoms with Crippen LogP contribution in [0, 0.1) is 24.7 Å². The zero-order chi connectivity index (χ0) is 15.3. The van der Waals surface area contributed by atoms with Gasteiger partial charge >= 0.3 is 0 Å². The predicted octanol–water partition coefficient (Wildman–Crippen LogP) is 4.69. The molecule has 0 radical (unpaired) electrons. The molecule has 2 nitrogen and oxygen atoms in total. The third-order valence-electron chi connectivity index (χ3n) is 6.26. The van der Waals surface area contributed by atoms with E-state index in [1.165, 1.54) is 49.7 Å². The van der Waals surface area contributed by atoms with Gasteiger partial charge in [0.1, 0.15) is 5.84 Å². The molecule has 4 fully saturated rings. The molecule has 4 bridgehead atoms. The van der Waals surface area contributed by atoms with Crippen LogP contribution in [0.3, 0.4) is 0 Å². The number of benzene rings is 1. The second-order valence-corrected chi connectivity index (χ2v) is 8.20. The molecule has 5 rings (SSSR count). The molecular formula is C19H25ClN2. The molecule has 118 valence electrons. The fraction of sp³-hybridized carbons (Fsp3) is 0.632. The van der Waals surface area contributed by atoms with Gasteiger partial charge in [0.2, 0.25) is 0 Å². The van der Waals surface area contributed by atoms with E-state index in [1.54, 1.807) is 0 Å². The summed E-state index contributed by atoms with van der Waals surface area (Å²) in [6, 6.07) is 6.86. The number of rotatable bonds is 3. The van der Waals surface area contributed by atoms with Crippen molar-refractivity contribution in [3.8, 4) is 0 Å². The van der Waals surface area contributed by atoms with Crippen LogP contribution in [0.2, 0.25) is 0 Å². The first-order valence-electron chi connectivity index (χ1n) is 8.58. The van der Waals surface area contributed by atoms with E-state index in [-0.39, 0.29) is 0 Å². The molecule has 4 saturated carbocycles. The first kappa shape index (κ1) is 14.6. The number of aliphatic imine (C=N–C) groups is 1. The SMILES string of the molecule is Cc1ccc(C23CC4CC(CC(C4)C2)C3)cc1N=C(N)CCl. The Morgan fingerprint density at radius 1 is 1.18 bits per heavy atom. The van der Waals surface area contributed by atoms with Crippen molar-refractivity contribution in [1.29, 1.82) is 0 Å². The molecule has 0 amide bonds. The Hall–Kier alpha value is -1.02. The van der Waals surface area contributed by atoms with Gasteiger partial charge in [-0.3, -0.25) is 0 Å². The average molecular weight is 317 g/mol. The maximum Gasteiger partial charge on any atom is 0.115 e. The molecule has 3 heteroatoms. The van der Waals surface area contributed by atoms with Crippen molar-refractivity contribution in [3.63, 3.8) is 0 Å². The highest BCUT2D eigenvalue weighted by atomic mass is 35.5. The maximum atomic E-state index is 5.85. The lowest BCUT2D eigenvalue weighted by molar-refractivity contribution is -0.00517. The molecule has 22 heavy (non-hydrogen) atoms. The second-order valence-electron chi connectivity index (χ2n) is 7.94. The highest BCUT2D eigenvalue weighted by Crippen LogP contribution is 2.60. The van der Waals surface area contributed by atoms with E-state index < -0.39 is 0 Å². The monoisotopic (exact) mass is 316 g/mol. The Bertz CT molecular complexity index is 585. The van der Waals surface area contributed by atoms with Crippen LogP contribution >= 0.6 is 11.6 Å². The third-order valence-corrected chi connectivity index (χ3v) is 6.53. The first-order valence-corrected chi connectivity index (χ1v) is 9.11. The Labute approximate surface area is 138 Å². The van der Waals surface area contributed by atoms with Crippen LogP contribution in [0.5, 0.6) is 0 Å². The molecule has 4 aliphatic rings. The van der Waals surface area contributed by atoms with Crippen molar-refractivity contribution in [3.05, 3.63) is 29.3 Å². The standard InChI is InChI=1S/C19H25ClN2/c1-12-2-3-16(7-17(12)22-18(21)11-20)19-8-13-4-14(9-19)6-15(5-13)10-19/h2-3,7,13-15H,4-6,8-11H2,1H3,(H2,21,22). The van der Waals surface area contributed by atoms with E-state index in [9.17, 15) is 0 Å². The van der Waals surface area contributed by atoms with Crippen molar-refractivity contribution in [2.75, 3.05) is 5.88 Å². The molecule has 0 spiro atoms. The van der Waals surface area contributed by atoms with Gasteiger partial charge in [-0.25, -0.2) is 4.99 Å². The highest BCUT2D eigenvalue weighted by Gasteiger charge is 2.51. The van der Waals surface area contributed by atoms with Crippen molar-refractivity contribution in [2.45, 2.75) is 50.9 Å². The lowest BCUT2D eigenvalue weighted by atomic mass is 9.48. The van der Waals surface area contributed by atoms with Crippen molar-refractivity contribution < 1.29 is 0 Å². The number of amidine groups is 1. The molecule has 0 aromatic heterocycles. The largest absolute Gasteiger partial charge is 0.386 e. The molecule has 1 aromatic carbocycles. The van der Waals surface area contributed by atoms with E-state index in [0.29, 0.717) is 17.1 Å². The summed E-state index contributed by atoms with van der Waals surface area (Å²) < 4.78 is 0. The summed E-state index contributed by atoms with van der Waals surface area (Å²) in [5.41, 5.74) is 9.95. The van der Waals surface area contributed by atoms with Crippen LogP contribution in [-0.2, 0) is 5.41 Å². The van der Waals surface area contributed by atoms with Gasteiger partial charge in [0, 0.05) is 0 Å². The minimum Gasteiger partial charge on any atom is -0.386 e. The molecule has 0 atom stereocenters. The molecule has 0 heterocycles. The van der Waals surface area contributed by atoms with E-state index >= 15 is 0 Å². The Balaban J connectivity index is 1.72. The molecule has 0 aliphatic heterocycles. The zero-order valence-electron chi connectivity index (χ0n) is 13.3. The number of nitrogens with zero attached hydrogens (tertiary/aromatic N) is 1. The Morgan fingerprint density at radius 2 is 1.77 bits per heavy atom. The van der Waals surface area contributed by atoms with Gasteiger partial charge in [-0.05, 0) is 85.8 Å². The summed E-state index contributed by atoms with van der Waals surface area (Å²) in [5.74, 6) is 3.70. The minimum absolute atomic E-state index is 0.293. The summed E-state index contributed by atoms with van der Waals surface area (Å²) in [5, 5.41) is 0. The van der Waals surface area contributed by atoms with Crippen LogP contribution in [0.1, 0.15) is 49.7 Å². The quantitative estimate of drug-likeness (QED) is 0.490. The summed E-state index contributed by atoms with van der Waals surface area (Å²) in [4.78, 5) is 4.53. The van der Waals surface area contributed by atoms with Gasteiger partial charge < -0.3 is 5.73 Å². The maximum absolute atomic E-state index is 5.85. The van der Waals surface area contributed by atoms with Crippen LogP contribution in [0.25, 0.3) is 0 Å². The van der Waals surface area contributed by atoms with Crippen LogP contribution in [-0.4, -0.2) is 11.7 Å². The number of nitrogens with two attached hydrogens (primary N) is 1. The topological polar surface area (TPSA) is 38.4 Å². The average Bonchev–Trinajstić information content (AvgIpc) is 2.47. The number of alkyl halides is 1. The number of hydrogen-bond acceptors (Lipinski definition) is 1. The Kier molecular flexibility index (Phi) is 3.48. The summed E-state index contributed by atoms with van der Waals surface area (Å²) in [6.07, 6.45) is 8.60. The minimum atomic E-state index is 0.293. The van der Waals surface area contributed by atoms with Crippen molar-refractivity contribution >= 4 is 23.1 Å². The van der Waals surface area contributed by atoms with Crippen LogP contribution in [0.15, 0.2) is 23.2 Å². The lowest BCUT2D eigenvalue weighted by Crippen LogP contribution is -2.48. The zero-order valence-corrected chi connectivity index (χ0v) is 14.1. The van der Waals surface area contributed by atoms with Gasteiger partial charge in [0.25, 0.3) is 0 Å². The molecule has 0 saturated heterocycles. The summed E-state index contributed by atoms with van der Waals surface area (Å²) >= 11 is 5.79. The summed E-state index contributed by atoms with van der Waals surface area (Å²) in [7, 11) is 0. The van der Waals surface area contributed by atoms with Gasteiger partial charge in [-0.1, -0.05) is 12.1 Å². The predicted molar refractivity (Wildman–Crippen MR) is 93.0 cm³/mol. The second kappa shape index (κ2) is 5.26. The molecule has 0 unspecified atom stereocenters. The number of hydrogen-bond donors (Lipinski definition) is 1. The van der Waals surface area contributed by atoms with Crippen molar-refractivity contribution in [1.82, 2.24) is 0 Å². The van der Waals surface area contributed by atoms with Gasteiger partial charge in [0.15, 0.2) is 0 Å². The molecular weight excluding hydrogens is 292 g/mol. The first-order chi connectivity index (χ1) is 10.6. The van der Waals surface area contributed by atoms with Crippen LogP contribution in [0.4, 0.5) is 5.69 Å². The van der Waals surface area contributed by atoms with Gasteiger partial charge in [-0.15, -0.1) is 11.6 Å². The van der Waals surface area contributed by atoms with E-state index in [0.717, 1.165) is 23.4 Å². The molecule has 4 aliphatic carbocycles. The molecule has 2 N–H and O–H groups in total. The van der Waals surface area contributed by atoms with Crippen molar-refractivity contribution in [2.24, 2.45) is 28.5 Å². The number of aryl methyl sites for hydroxylation is 1. The van der Waals surface area contributed by atoms with E-state index in [2.05, 4.69) is 30.1 Å². The normalized spacial score (nSPS) is 36.8. The Morgan fingerprint density at radius 3 is 2.32 bits per heavy atom. The smallest absolute Gasteiger partial charge is 0.115 e. The van der Waals surface area contributed by atoms with Gasteiger partial charge in [-0.2, -0.15) is 0 Å².